The molecule has 130 valence electrons. The van der Waals surface area contributed by atoms with Crippen LogP contribution in [-0.4, -0.2) is 49.4 Å². The summed E-state index contributed by atoms with van der Waals surface area (Å²) in [5.41, 5.74) is 1.91. The zero-order valence-corrected chi connectivity index (χ0v) is 14.2. The first-order valence-electron chi connectivity index (χ1n) is 9.11. The van der Waals surface area contributed by atoms with Crippen LogP contribution in [0.5, 0.6) is 0 Å². The number of nitrogens with one attached hydrogen (secondary N) is 2. The van der Waals surface area contributed by atoms with Crippen molar-refractivity contribution in [2.24, 2.45) is 0 Å². The van der Waals surface area contributed by atoms with Crippen molar-refractivity contribution in [3.63, 3.8) is 0 Å². The average Bonchev–Trinajstić information content (AvgIpc) is 3.17. The molecule has 3 rings (SSSR count). The summed E-state index contributed by atoms with van der Waals surface area (Å²) in [5.74, 6) is 0.549. The lowest BCUT2D eigenvalue weighted by molar-refractivity contribution is -0.129. The van der Waals surface area contributed by atoms with Gasteiger partial charge in [-0.15, -0.1) is 0 Å². The quantitative estimate of drug-likeness (QED) is 0.867. The molecule has 24 heavy (non-hydrogen) atoms. The minimum Gasteiger partial charge on any atom is -0.352 e. The Labute approximate surface area is 143 Å². The van der Waals surface area contributed by atoms with E-state index in [9.17, 15) is 9.59 Å². The van der Waals surface area contributed by atoms with Gasteiger partial charge >= 0.3 is 0 Å². The zero-order chi connectivity index (χ0) is 16.8. The Bertz CT molecular complexity index is 576. The molecule has 2 fully saturated rings. The maximum atomic E-state index is 12.3. The molecule has 1 unspecified atom stereocenters. The van der Waals surface area contributed by atoms with Crippen LogP contribution >= 0.6 is 0 Å². The predicted molar refractivity (Wildman–Crippen MR) is 94.1 cm³/mol. The molecule has 0 saturated carbocycles. The van der Waals surface area contributed by atoms with Gasteiger partial charge in [0.2, 0.25) is 5.91 Å². The SMILES string of the molecule is O=C(NCCC(=O)N1CCCC1)c1cccc(C2CCCNC2)c1. The third-order valence-corrected chi connectivity index (χ3v) is 5.00. The number of hydrogen-bond donors (Lipinski definition) is 2. The van der Waals surface area contributed by atoms with Gasteiger partial charge in [-0.2, -0.15) is 0 Å². The van der Waals surface area contributed by atoms with E-state index in [1.165, 1.54) is 18.4 Å². The number of carbonyl (C=O) groups is 2. The summed E-state index contributed by atoms with van der Waals surface area (Å²) in [4.78, 5) is 26.2. The highest BCUT2D eigenvalue weighted by molar-refractivity contribution is 5.94. The fourth-order valence-electron chi connectivity index (χ4n) is 3.58. The summed E-state index contributed by atoms with van der Waals surface area (Å²) in [6.07, 6.45) is 4.93. The van der Waals surface area contributed by atoms with Gasteiger partial charge in [0, 0.05) is 38.2 Å². The van der Waals surface area contributed by atoms with E-state index in [0.29, 0.717) is 24.4 Å². The van der Waals surface area contributed by atoms with Gasteiger partial charge in [0.25, 0.3) is 5.91 Å². The highest BCUT2D eigenvalue weighted by Crippen LogP contribution is 2.23. The molecule has 1 aromatic carbocycles. The molecule has 1 atom stereocenters. The second-order valence-electron chi connectivity index (χ2n) is 6.76. The van der Waals surface area contributed by atoms with Crippen molar-refractivity contribution >= 4 is 11.8 Å². The van der Waals surface area contributed by atoms with Gasteiger partial charge in [0.05, 0.1) is 0 Å². The molecule has 5 nitrogen and oxygen atoms in total. The van der Waals surface area contributed by atoms with Crippen molar-refractivity contribution < 1.29 is 9.59 Å². The Morgan fingerprint density at radius 3 is 2.79 bits per heavy atom. The van der Waals surface area contributed by atoms with Crippen LogP contribution in [0.25, 0.3) is 0 Å². The summed E-state index contributed by atoms with van der Waals surface area (Å²) in [6, 6.07) is 7.90. The number of piperidine rings is 1. The van der Waals surface area contributed by atoms with Gasteiger partial charge in [-0.05, 0) is 55.8 Å². The monoisotopic (exact) mass is 329 g/mol. The zero-order valence-electron chi connectivity index (χ0n) is 14.2. The molecule has 2 aliphatic rings. The summed E-state index contributed by atoms with van der Waals surface area (Å²) < 4.78 is 0. The topological polar surface area (TPSA) is 61.4 Å². The number of rotatable bonds is 5. The van der Waals surface area contributed by atoms with Gasteiger partial charge in [0.1, 0.15) is 0 Å². The third-order valence-electron chi connectivity index (χ3n) is 5.00. The van der Waals surface area contributed by atoms with E-state index >= 15 is 0 Å². The molecular formula is C19H27N3O2. The van der Waals surface area contributed by atoms with Crippen LogP contribution in [0.15, 0.2) is 24.3 Å². The van der Waals surface area contributed by atoms with Crippen molar-refractivity contribution in [3.05, 3.63) is 35.4 Å². The largest absolute Gasteiger partial charge is 0.352 e. The van der Waals surface area contributed by atoms with E-state index in [4.69, 9.17) is 0 Å². The molecular weight excluding hydrogens is 302 g/mol. The Kier molecular flexibility index (Phi) is 5.86. The molecule has 2 N–H and O–H groups in total. The van der Waals surface area contributed by atoms with Crippen LogP contribution < -0.4 is 10.6 Å². The molecule has 2 saturated heterocycles. The highest BCUT2D eigenvalue weighted by Gasteiger charge is 2.18. The molecule has 2 heterocycles. The highest BCUT2D eigenvalue weighted by atomic mass is 16.2. The molecule has 2 aliphatic heterocycles. The predicted octanol–water partition coefficient (Wildman–Crippen LogP) is 1.90. The number of carbonyl (C=O) groups excluding carboxylic acids is 2. The van der Waals surface area contributed by atoms with Crippen LogP contribution in [-0.2, 0) is 4.79 Å². The first-order chi connectivity index (χ1) is 11.7. The van der Waals surface area contributed by atoms with Crippen LogP contribution in [0.3, 0.4) is 0 Å². The van der Waals surface area contributed by atoms with Crippen molar-refractivity contribution in [3.8, 4) is 0 Å². The summed E-state index contributed by atoms with van der Waals surface area (Å²) in [6.45, 7) is 4.20. The normalized spacial score (nSPS) is 20.8. The van der Waals surface area contributed by atoms with E-state index in [-0.39, 0.29) is 11.8 Å². The van der Waals surface area contributed by atoms with E-state index in [1.54, 1.807) is 0 Å². The number of benzene rings is 1. The van der Waals surface area contributed by atoms with Crippen LogP contribution in [0.4, 0.5) is 0 Å². The molecule has 5 heteroatoms. The Hall–Kier alpha value is -1.88. The Morgan fingerprint density at radius 1 is 1.21 bits per heavy atom. The Morgan fingerprint density at radius 2 is 2.04 bits per heavy atom. The third kappa shape index (κ3) is 4.35. The first kappa shape index (κ1) is 17.0. The summed E-state index contributed by atoms with van der Waals surface area (Å²) in [5, 5.41) is 6.29. The van der Waals surface area contributed by atoms with Crippen molar-refractivity contribution in [1.29, 1.82) is 0 Å². The van der Waals surface area contributed by atoms with Crippen molar-refractivity contribution in [1.82, 2.24) is 15.5 Å². The average molecular weight is 329 g/mol. The van der Waals surface area contributed by atoms with Gasteiger partial charge in [-0.25, -0.2) is 0 Å². The lowest BCUT2D eigenvalue weighted by Crippen LogP contribution is -2.32. The smallest absolute Gasteiger partial charge is 0.251 e. The van der Waals surface area contributed by atoms with Gasteiger partial charge < -0.3 is 15.5 Å². The number of nitrogens with zero attached hydrogens (tertiary/aromatic N) is 1. The molecule has 1 aromatic rings. The van der Waals surface area contributed by atoms with Crippen LogP contribution in [0, 0.1) is 0 Å². The second-order valence-corrected chi connectivity index (χ2v) is 6.76. The molecule has 0 aliphatic carbocycles. The van der Waals surface area contributed by atoms with Gasteiger partial charge in [-0.1, -0.05) is 12.1 Å². The summed E-state index contributed by atoms with van der Waals surface area (Å²) in [7, 11) is 0. The van der Waals surface area contributed by atoms with Gasteiger partial charge in [0.15, 0.2) is 0 Å². The first-order valence-corrected chi connectivity index (χ1v) is 9.11. The van der Waals surface area contributed by atoms with Crippen LogP contribution in [0.1, 0.15) is 53.9 Å². The van der Waals surface area contributed by atoms with E-state index < -0.39 is 0 Å². The van der Waals surface area contributed by atoms with Crippen LogP contribution in [0.2, 0.25) is 0 Å². The lowest BCUT2D eigenvalue weighted by atomic mass is 9.90. The van der Waals surface area contributed by atoms with E-state index in [2.05, 4.69) is 16.7 Å². The number of likely N-dealkylation sites (tertiary alicyclic amines) is 1. The molecule has 0 bridgehead atoms. The fraction of sp³-hybridized carbons (Fsp3) is 0.579. The minimum absolute atomic E-state index is 0.0881. The lowest BCUT2D eigenvalue weighted by Gasteiger charge is -2.23. The summed E-state index contributed by atoms with van der Waals surface area (Å²) >= 11 is 0. The number of amides is 2. The molecule has 2 amide bonds. The molecule has 0 aromatic heterocycles. The number of hydrogen-bond acceptors (Lipinski definition) is 3. The van der Waals surface area contributed by atoms with Gasteiger partial charge in [-0.3, -0.25) is 9.59 Å². The minimum atomic E-state index is -0.0881. The standard InChI is InChI=1S/C19H27N3O2/c23-18(22-11-1-2-12-22)8-10-21-19(24)16-6-3-5-15(13-16)17-7-4-9-20-14-17/h3,5-6,13,17,20H,1-2,4,7-12,14H2,(H,21,24). The maximum Gasteiger partial charge on any atom is 0.251 e. The van der Waals surface area contributed by atoms with E-state index in [0.717, 1.165) is 39.0 Å². The Balaban J connectivity index is 1.50. The van der Waals surface area contributed by atoms with Crippen molar-refractivity contribution in [2.75, 3.05) is 32.7 Å². The van der Waals surface area contributed by atoms with E-state index in [1.807, 2.05) is 23.1 Å². The molecule has 0 spiro atoms. The van der Waals surface area contributed by atoms with Crippen molar-refractivity contribution in [2.45, 2.75) is 38.0 Å². The molecule has 0 radical (unpaired) electrons. The second kappa shape index (κ2) is 8.29. The fourth-order valence-corrected chi connectivity index (χ4v) is 3.58. The maximum absolute atomic E-state index is 12.3.